The molecule has 0 bridgehead atoms. The number of carbonyl (C=O) groups excluding carboxylic acids is 1. The van der Waals surface area contributed by atoms with E-state index in [-0.39, 0.29) is 11.7 Å². The fourth-order valence-corrected chi connectivity index (χ4v) is 4.13. The van der Waals surface area contributed by atoms with Gasteiger partial charge in [-0.25, -0.2) is 8.42 Å². The summed E-state index contributed by atoms with van der Waals surface area (Å²) in [4.78, 5) is 14.5. The summed E-state index contributed by atoms with van der Waals surface area (Å²) in [6.07, 6.45) is 1.53. The van der Waals surface area contributed by atoms with Crippen molar-refractivity contribution in [3.63, 3.8) is 0 Å². The zero-order chi connectivity index (χ0) is 18.0. The Morgan fingerprint density at radius 2 is 1.92 bits per heavy atom. The number of methoxy groups -OCH3 is 1. The van der Waals surface area contributed by atoms with Crippen LogP contribution in [0.5, 0.6) is 5.75 Å². The van der Waals surface area contributed by atoms with Crippen LogP contribution in [-0.2, 0) is 9.84 Å². The Balaban J connectivity index is 2.01. The van der Waals surface area contributed by atoms with Gasteiger partial charge in [0.2, 0.25) is 0 Å². The summed E-state index contributed by atoms with van der Waals surface area (Å²) in [5.41, 5.74) is 0.971. The van der Waals surface area contributed by atoms with Crippen LogP contribution in [0.3, 0.4) is 0 Å². The van der Waals surface area contributed by atoms with Gasteiger partial charge in [-0.1, -0.05) is 17.7 Å². The van der Waals surface area contributed by atoms with Crippen molar-refractivity contribution in [3.8, 4) is 5.75 Å². The first-order valence-corrected chi connectivity index (χ1v) is 9.63. The van der Waals surface area contributed by atoms with Gasteiger partial charge in [-0.15, -0.1) is 0 Å². The van der Waals surface area contributed by atoms with Crippen LogP contribution in [0.4, 0.5) is 5.69 Å². The number of sulfone groups is 1. The molecule has 1 aliphatic heterocycles. The first-order valence-electron chi connectivity index (χ1n) is 7.54. The quantitative estimate of drug-likeness (QED) is 0.820. The number of carbonyl (C=O) groups is 1. The van der Waals surface area contributed by atoms with Gasteiger partial charge in [0.25, 0.3) is 5.91 Å². The van der Waals surface area contributed by atoms with E-state index in [0.717, 1.165) is 5.41 Å². The molecule has 1 heterocycles. The molecule has 0 N–H and O–H groups in total. The van der Waals surface area contributed by atoms with E-state index in [9.17, 15) is 13.2 Å². The molecule has 7 heteroatoms. The molecular weight excluding hydrogens is 362 g/mol. The van der Waals surface area contributed by atoms with Crippen molar-refractivity contribution in [1.82, 2.24) is 0 Å². The van der Waals surface area contributed by atoms with Gasteiger partial charge in [-0.3, -0.25) is 4.79 Å². The van der Waals surface area contributed by atoms with Gasteiger partial charge in [-0.2, -0.15) is 0 Å². The molecule has 0 radical (unpaired) electrons. The monoisotopic (exact) mass is 377 g/mol. The molecule has 5 nitrogen and oxygen atoms in total. The largest absolute Gasteiger partial charge is 0.497 e. The summed E-state index contributed by atoms with van der Waals surface area (Å²) in [7, 11) is -1.77. The van der Waals surface area contributed by atoms with Crippen molar-refractivity contribution >= 4 is 33.0 Å². The van der Waals surface area contributed by atoms with Crippen LogP contribution in [-0.4, -0.2) is 33.2 Å². The third kappa shape index (κ3) is 3.86. The number of amides is 1. The molecule has 3 rings (SSSR count). The molecule has 0 unspecified atom stereocenters. The van der Waals surface area contributed by atoms with Crippen LogP contribution in [0, 0.1) is 0 Å². The molecule has 1 aliphatic rings. The van der Waals surface area contributed by atoms with Crippen LogP contribution < -0.4 is 9.64 Å². The van der Waals surface area contributed by atoms with E-state index in [4.69, 9.17) is 16.3 Å². The SMILES string of the molecule is COc1ccc(C(=O)N(c2cccc(Cl)c2)[C@H]2C=CS(=O)(=O)C2)cc1. The fraction of sp³-hybridized carbons (Fsp3) is 0.167. The molecule has 0 aromatic heterocycles. The summed E-state index contributed by atoms with van der Waals surface area (Å²) in [6, 6.07) is 12.9. The summed E-state index contributed by atoms with van der Waals surface area (Å²) in [5, 5.41) is 1.62. The van der Waals surface area contributed by atoms with Crippen molar-refractivity contribution in [1.29, 1.82) is 0 Å². The molecule has 1 amide bonds. The van der Waals surface area contributed by atoms with Gasteiger partial charge in [0, 0.05) is 21.7 Å². The number of rotatable bonds is 4. The predicted octanol–water partition coefficient (Wildman–Crippen LogP) is 3.31. The Morgan fingerprint density at radius 1 is 1.20 bits per heavy atom. The lowest BCUT2D eigenvalue weighted by Crippen LogP contribution is -2.41. The van der Waals surface area contributed by atoms with Crippen LogP contribution in [0.15, 0.2) is 60.0 Å². The highest BCUT2D eigenvalue weighted by molar-refractivity contribution is 7.94. The molecule has 1 atom stereocenters. The van der Waals surface area contributed by atoms with Crippen molar-refractivity contribution in [2.75, 3.05) is 17.8 Å². The summed E-state index contributed by atoms with van der Waals surface area (Å²) in [6.45, 7) is 0. The summed E-state index contributed by atoms with van der Waals surface area (Å²) < 4.78 is 28.7. The van der Waals surface area contributed by atoms with Crippen molar-refractivity contribution in [2.24, 2.45) is 0 Å². The van der Waals surface area contributed by atoms with Crippen LogP contribution in [0.25, 0.3) is 0 Å². The van der Waals surface area contributed by atoms with Gasteiger partial charge in [-0.05, 0) is 48.5 Å². The number of benzene rings is 2. The Morgan fingerprint density at radius 3 is 2.48 bits per heavy atom. The van der Waals surface area contributed by atoms with Gasteiger partial charge in [0.05, 0.1) is 18.9 Å². The summed E-state index contributed by atoms with van der Waals surface area (Å²) >= 11 is 6.05. The molecule has 130 valence electrons. The minimum absolute atomic E-state index is 0.151. The van der Waals surface area contributed by atoms with E-state index >= 15 is 0 Å². The van der Waals surface area contributed by atoms with Crippen LogP contribution in [0.2, 0.25) is 5.02 Å². The average Bonchev–Trinajstić information content (AvgIpc) is 2.94. The van der Waals surface area contributed by atoms with E-state index in [1.807, 2.05) is 0 Å². The second-order valence-electron chi connectivity index (χ2n) is 5.61. The van der Waals surface area contributed by atoms with E-state index < -0.39 is 15.9 Å². The van der Waals surface area contributed by atoms with Gasteiger partial charge < -0.3 is 9.64 Å². The van der Waals surface area contributed by atoms with Crippen molar-refractivity contribution in [3.05, 3.63) is 70.6 Å². The third-order valence-electron chi connectivity index (χ3n) is 3.88. The van der Waals surface area contributed by atoms with Gasteiger partial charge in [0.15, 0.2) is 9.84 Å². The second-order valence-corrected chi connectivity index (χ2v) is 7.98. The lowest BCUT2D eigenvalue weighted by atomic mass is 10.1. The highest BCUT2D eigenvalue weighted by Gasteiger charge is 2.32. The van der Waals surface area contributed by atoms with Crippen LogP contribution >= 0.6 is 11.6 Å². The third-order valence-corrected chi connectivity index (χ3v) is 5.50. The lowest BCUT2D eigenvalue weighted by Gasteiger charge is -2.28. The summed E-state index contributed by atoms with van der Waals surface area (Å²) in [5.74, 6) is 0.173. The molecule has 2 aromatic rings. The Kier molecular flexibility index (Phi) is 4.83. The molecule has 0 fully saturated rings. The number of anilines is 1. The fourth-order valence-electron chi connectivity index (χ4n) is 2.68. The Bertz CT molecular complexity index is 922. The number of hydrogen-bond donors (Lipinski definition) is 0. The number of halogens is 1. The van der Waals surface area contributed by atoms with Gasteiger partial charge >= 0.3 is 0 Å². The normalized spacial score (nSPS) is 18.1. The molecule has 25 heavy (non-hydrogen) atoms. The molecule has 2 aromatic carbocycles. The zero-order valence-electron chi connectivity index (χ0n) is 13.4. The smallest absolute Gasteiger partial charge is 0.258 e. The zero-order valence-corrected chi connectivity index (χ0v) is 15.0. The molecule has 0 saturated heterocycles. The van der Waals surface area contributed by atoms with Crippen LogP contribution in [0.1, 0.15) is 10.4 Å². The minimum Gasteiger partial charge on any atom is -0.497 e. The maximum Gasteiger partial charge on any atom is 0.258 e. The number of ether oxygens (including phenoxy) is 1. The molecular formula is C18H16ClNO4S. The maximum absolute atomic E-state index is 13.1. The maximum atomic E-state index is 13.1. The predicted molar refractivity (Wildman–Crippen MR) is 98.0 cm³/mol. The highest BCUT2D eigenvalue weighted by atomic mass is 35.5. The van der Waals surface area contributed by atoms with Crippen molar-refractivity contribution in [2.45, 2.75) is 6.04 Å². The number of nitrogens with zero attached hydrogens (tertiary/aromatic N) is 1. The molecule has 0 aliphatic carbocycles. The second kappa shape index (κ2) is 6.90. The Labute approximate surface area is 151 Å². The van der Waals surface area contributed by atoms with Crippen molar-refractivity contribution < 1.29 is 17.9 Å². The Hall–Kier alpha value is -2.31. The van der Waals surface area contributed by atoms with E-state index in [0.29, 0.717) is 22.0 Å². The first-order chi connectivity index (χ1) is 11.9. The first kappa shape index (κ1) is 17.5. The van der Waals surface area contributed by atoms with E-state index in [2.05, 4.69) is 0 Å². The average molecular weight is 378 g/mol. The minimum atomic E-state index is -3.31. The van der Waals surface area contributed by atoms with E-state index in [1.165, 1.54) is 11.0 Å². The van der Waals surface area contributed by atoms with E-state index in [1.54, 1.807) is 55.6 Å². The highest BCUT2D eigenvalue weighted by Crippen LogP contribution is 2.27. The number of hydrogen-bond acceptors (Lipinski definition) is 4. The molecule has 0 saturated carbocycles. The lowest BCUT2D eigenvalue weighted by molar-refractivity contribution is 0.0983. The topological polar surface area (TPSA) is 63.7 Å². The standard InChI is InChI=1S/C18H16ClNO4S/c1-24-17-7-5-13(6-8-17)18(21)20(15-4-2-3-14(19)11-15)16-9-10-25(22,23)12-16/h2-11,16H,12H2,1H3/t16-/m0/s1. The molecule has 0 spiro atoms. The van der Waals surface area contributed by atoms with Gasteiger partial charge in [0.1, 0.15) is 5.75 Å².